The molecule has 0 saturated carbocycles. The molecule has 0 unspecified atom stereocenters. The predicted octanol–water partition coefficient (Wildman–Crippen LogP) is 5.20. The van der Waals surface area contributed by atoms with Crippen molar-refractivity contribution in [2.45, 2.75) is 47.0 Å². The lowest BCUT2D eigenvalue weighted by Crippen LogP contribution is -1.73. The Bertz CT molecular complexity index is 258. The molecule has 0 N–H and O–H groups in total. The SMILES string of the molecule is CC=CCC=CCCC=CC(C)=C(C)C. The van der Waals surface area contributed by atoms with E-state index in [1.54, 1.807) is 0 Å². The molecule has 0 aliphatic carbocycles. The van der Waals surface area contributed by atoms with Crippen LogP contribution in [-0.4, -0.2) is 0 Å². The Morgan fingerprint density at radius 1 is 0.867 bits per heavy atom. The zero-order chi connectivity index (χ0) is 11.5. The maximum atomic E-state index is 2.25. The minimum atomic E-state index is 1.06. The zero-order valence-corrected chi connectivity index (χ0v) is 10.6. The summed E-state index contributed by atoms with van der Waals surface area (Å²) in [4.78, 5) is 0. The van der Waals surface area contributed by atoms with Gasteiger partial charge >= 0.3 is 0 Å². The molecule has 0 atom stereocenters. The van der Waals surface area contributed by atoms with Crippen LogP contribution in [-0.2, 0) is 0 Å². The molecule has 0 spiro atoms. The molecule has 0 rings (SSSR count). The van der Waals surface area contributed by atoms with Crippen molar-refractivity contribution >= 4 is 0 Å². The third-order valence-corrected chi connectivity index (χ3v) is 2.33. The maximum Gasteiger partial charge on any atom is -0.0169 e. The molecular formula is C15H24. The molecule has 0 aromatic rings. The van der Waals surface area contributed by atoms with E-state index < -0.39 is 0 Å². The molecule has 0 aromatic carbocycles. The van der Waals surface area contributed by atoms with E-state index in [0.717, 1.165) is 19.3 Å². The van der Waals surface area contributed by atoms with E-state index in [1.807, 2.05) is 0 Å². The number of hydrogen-bond donors (Lipinski definition) is 0. The van der Waals surface area contributed by atoms with Gasteiger partial charge in [-0.05, 0) is 47.0 Å². The van der Waals surface area contributed by atoms with E-state index in [1.165, 1.54) is 11.1 Å². The monoisotopic (exact) mass is 204 g/mol. The van der Waals surface area contributed by atoms with Crippen LogP contribution in [0.4, 0.5) is 0 Å². The van der Waals surface area contributed by atoms with Crippen molar-refractivity contribution in [3.05, 3.63) is 47.6 Å². The van der Waals surface area contributed by atoms with Gasteiger partial charge in [0.2, 0.25) is 0 Å². The summed E-state index contributed by atoms with van der Waals surface area (Å²) >= 11 is 0. The smallest absolute Gasteiger partial charge is 0.0169 e. The molecule has 0 heterocycles. The molecule has 0 heteroatoms. The molecule has 84 valence electrons. The first kappa shape index (κ1) is 14.0. The van der Waals surface area contributed by atoms with Crippen molar-refractivity contribution in [1.29, 1.82) is 0 Å². The van der Waals surface area contributed by atoms with Gasteiger partial charge < -0.3 is 0 Å². The Labute approximate surface area is 95.1 Å². The Kier molecular flexibility index (Phi) is 8.85. The Balaban J connectivity index is 3.63. The van der Waals surface area contributed by atoms with Gasteiger partial charge in [-0.25, -0.2) is 0 Å². The third-order valence-electron chi connectivity index (χ3n) is 2.33. The van der Waals surface area contributed by atoms with Gasteiger partial charge in [-0.15, -0.1) is 0 Å². The van der Waals surface area contributed by atoms with Crippen molar-refractivity contribution in [1.82, 2.24) is 0 Å². The van der Waals surface area contributed by atoms with E-state index in [0.29, 0.717) is 0 Å². The number of hydrogen-bond acceptors (Lipinski definition) is 0. The molecule has 0 aliphatic rings. The summed E-state index contributed by atoms with van der Waals surface area (Å²) in [5.74, 6) is 0. The van der Waals surface area contributed by atoms with E-state index in [4.69, 9.17) is 0 Å². The van der Waals surface area contributed by atoms with Crippen molar-refractivity contribution in [3.8, 4) is 0 Å². The highest BCUT2D eigenvalue weighted by Gasteiger charge is 1.84. The van der Waals surface area contributed by atoms with Crippen LogP contribution in [0.1, 0.15) is 47.0 Å². The molecule has 0 aromatic heterocycles. The normalized spacial score (nSPS) is 12.0. The summed E-state index contributed by atoms with van der Waals surface area (Å²) in [6, 6.07) is 0. The second kappa shape index (κ2) is 9.51. The molecule has 0 saturated heterocycles. The van der Waals surface area contributed by atoms with E-state index >= 15 is 0 Å². The van der Waals surface area contributed by atoms with E-state index in [9.17, 15) is 0 Å². The number of allylic oxidation sites excluding steroid dienone is 8. The lowest BCUT2D eigenvalue weighted by atomic mass is 10.1. The van der Waals surface area contributed by atoms with Crippen LogP contribution in [0.15, 0.2) is 47.6 Å². The van der Waals surface area contributed by atoms with Crippen LogP contribution < -0.4 is 0 Å². The van der Waals surface area contributed by atoms with Crippen LogP contribution in [0.3, 0.4) is 0 Å². The van der Waals surface area contributed by atoms with Crippen LogP contribution in [0.25, 0.3) is 0 Å². The minimum Gasteiger partial charge on any atom is -0.0914 e. The highest BCUT2D eigenvalue weighted by molar-refractivity contribution is 5.20. The topological polar surface area (TPSA) is 0 Å². The Morgan fingerprint density at radius 3 is 2.13 bits per heavy atom. The molecule has 0 bridgehead atoms. The van der Waals surface area contributed by atoms with Gasteiger partial charge in [0.15, 0.2) is 0 Å². The highest BCUT2D eigenvalue weighted by atomic mass is 13.9. The maximum absolute atomic E-state index is 2.25. The van der Waals surface area contributed by atoms with Gasteiger partial charge in [-0.3, -0.25) is 0 Å². The quantitative estimate of drug-likeness (QED) is 0.317. The predicted molar refractivity (Wildman–Crippen MR) is 71.0 cm³/mol. The van der Waals surface area contributed by atoms with Crippen LogP contribution in [0, 0.1) is 0 Å². The molecule has 0 fully saturated rings. The Hall–Kier alpha value is -1.04. The van der Waals surface area contributed by atoms with Crippen molar-refractivity contribution < 1.29 is 0 Å². The number of rotatable bonds is 6. The van der Waals surface area contributed by atoms with Crippen LogP contribution >= 0.6 is 0 Å². The van der Waals surface area contributed by atoms with E-state index in [2.05, 4.69) is 64.2 Å². The van der Waals surface area contributed by atoms with E-state index in [-0.39, 0.29) is 0 Å². The second-order valence-electron chi connectivity index (χ2n) is 3.94. The first-order valence-corrected chi connectivity index (χ1v) is 5.75. The summed E-state index contributed by atoms with van der Waals surface area (Å²) in [7, 11) is 0. The van der Waals surface area contributed by atoms with Gasteiger partial charge in [-0.1, -0.05) is 47.6 Å². The molecule has 15 heavy (non-hydrogen) atoms. The fourth-order valence-electron chi connectivity index (χ4n) is 1.05. The third kappa shape index (κ3) is 9.27. The summed E-state index contributed by atoms with van der Waals surface area (Å²) in [6.07, 6.45) is 16.5. The van der Waals surface area contributed by atoms with Gasteiger partial charge in [0.1, 0.15) is 0 Å². The largest absolute Gasteiger partial charge is 0.0914 e. The van der Waals surface area contributed by atoms with Crippen LogP contribution in [0.2, 0.25) is 0 Å². The molecule has 0 aliphatic heterocycles. The average Bonchev–Trinajstić information content (AvgIpc) is 2.21. The summed E-state index contributed by atoms with van der Waals surface area (Å²) in [6.45, 7) is 8.51. The lowest BCUT2D eigenvalue weighted by Gasteiger charge is -1.94. The lowest BCUT2D eigenvalue weighted by molar-refractivity contribution is 1.04. The fraction of sp³-hybridized carbons (Fsp3) is 0.467. The molecule has 0 amide bonds. The fourth-order valence-corrected chi connectivity index (χ4v) is 1.05. The summed E-state index contributed by atoms with van der Waals surface area (Å²) < 4.78 is 0. The summed E-state index contributed by atoms with van der Waals surface area (Å²) in [5, 5.41) is 0. The van der Waals surface area contributed by atoms with Gasteiger partial charge in [-0.2, -0.15) is 0 Å². The Morgan fingerprint density at radius 2 is 1.53 bits per heavy atom. The van der Waals surface area contributed by atoms with Gasteiger partial charge in [0.25, 0.3) is 0 Å². The highest BCUT2D eigenvalue weighted by Crippen LogP contribution is 2.04. The zero-order valence-electron chi connectivity index (χ0n) is 10.6. The first-order valence-electron chi connectivity index (χ1n) is 5.75. The minimum absolute atomic E-state index is 1.06. The van der Waals surface area contributed by atoms with Gasteiger partial charge in [0.05, 0.1) is 0 Å². The number of unbranched alkanes of at least 4 members (excludes halogenated alkanes) is 1. The van der Waals surface area contributed by atoms with Gasteiger partial charge in [0, 0.05) is 0 Å². The van der Waals surface area contributed by atoms with Crippen molar-refractivity contribution in [2.75, 3.05) is 0 Å². The molecule has 0 radical (unpaired) electrons. The first-order chi connectivity index (χ1) is 7.18. The standard InChI is InChI=1S/C15H24/c1-5-6-7-8-9-10-11-12-13-15(4)14(2)3/h5-6,8-9,12-13H,7,10-11H2,1-4H3. The average molecular weight is 204 g/mol. The van der Waals surface area contributed by atoms with Crippen molar-refractivity contribution in [2.24, 2.45) is 0 Å². The molecule has 0 nitrogen and oxygen atoms in total. The molecular weight excluding hydrogens is 180 g/mol. The van der Waals surface area contributed by atoms with Crippen molar-refractivity contribution in [3.63, 3.8) is 0 Å². The summed E-state index contributed by atoms with van der Waals surface area (Å²) in [5.41, 5.74) is 2.78. The second-order valence-corrected chi connectivity index (χ2v) is 3.94. The van der Waals surface area contributed by atoms with Crippen LogP contribution in [0.5, 0.6) is 0 Å².